The summed E-state index contributed by atoms with van der Waals surface area (Å²) in [6.45, 7) is 0. The Kier molecular flexibility index (Phi) is 55.0. The maximum Gasteiger partial charge on any atom is 3.00 e. The van der Waals surface area contributed by atoms with Gasteiger partial charge in [-0.05, 0) is 6.16 Å². The molecule has 0 fully saturated rings. The normalized spacial score (nSPS) is 3.43. The molecule has 0 radical (unpaired) electrons. The van der Waals surface area contributed by atoms with Gasteiger partial charge in [-0.3, -0.25) is 0 Å². The Hall–Kier alpha value is 1.02. The van der Waals surface area contributed by atoms with E-state index in [1.807, 2.05) is 0 Å². The van der Waals surface area contributed by atoms with E-state index < -0.39 is 6.16 Å². The molecule has 6 heteroatoms. The van der Waals surface area contributed by atoms with Crippen molar-refractivity contribution in [3.63, 3.8) is 0 Å². The molecule has 0 spiro atoms. The molecule has 0 heterocycles. The van der Waals surface area contributed by atoms with E-state index in [0.717, 1.165) is 0 Å². The zero-order chi connectivity index (χ0) is 3.58. The molecule has 0 saturated carbocycles. The van der Waals surface area contributed by atoms with Gasteiger partial charge in [-0.2, -0.15) is 0 Å². The zero-order valence-corrected chi connectivity index (χ0v) is 6.82. The van der Waals surface area contributed by atoms with Crippen molar-refractivity contribution in [3.8, 4) is 0 Å². The van der Waals surface area contributed by atoms with Crippen molar-refractivity contribution in [3.05, 3.63) is 0 Å². The third-order valence-electron chi connectivity index (χ3n) is 0. The van der Waals surface area contributed by atoms with Gasteiger partial charge in [-0.1, -0.05) is 0 Å². The van der Waals surface area contributed by atoms with Crippen LogP contribution >= 0.6 is 0 Å². The summed E-state index contributed by atoms with van der Waals surface area (Å²) in [6, 6.07) is 0. The van der Waals surface area contributed by atoms with Gasteiger partial charge in [-0.25, -0.2) is 0 Å². The van der Waals surface area contributed by atoms with Crippen molar-refractivity contribution in [2.75, 3.05) is 0 Å². The van der Waals surface area contributed by atoms with Gasteiger partial charge in [0.25, 0.3) is 0 Å². The van der Waals surface area contributed by atoms with E-state index in [9.17, 15) is 0 Å². The fourth-order valence-corrected chi connectivity index (χ4v) is 0. The Morgan fingerprint density at radius 2 is 1.29 bits per heavy atom. The summed E-state index contributed by atoms with van der Waals surface area (Å²) in [5.41, 5.74) is 0. The SMILES string of the molecule is O=C([O-])[O-].[Al+3].[Ca+2].[OH-]. The minimum atomic E-state index is -2.33. The van der Waals surface area contributed by atoms with Gasteiger partial charge >= 0.3 is 55.1 Å². The smallest absolute Gasteiger partial charge is 0.870 e. The Morgan fingerprint density at radius 3 is 1.29 bits per heavy atom. The van der Waals surface area contributed by atoms with E-state index in [0.29, 0.717) is 0 Å². The van der Waals surface area contributed by atoms with Crippen molar-refractivity contribution in [2.24, 2.45) is 0 Å². The van der Waals surface area contributed by atoms with Gasteiger partial charge in [0, 0.05) is 0 Å². The molecule has 0 aliphatic rings. The summed E-state index contributed by atoms with van der Waals surface area (Å²) in [5, 5.41) is 16.7. The first-order chi connectivity index (χ1) is 1.73. The monoisotopic (exact) mass is 144 g/mol. The molecule has 0 aliphatic carbocycles. The van der Waals surface area contributed by atoms with Crippen LogP contribution in [0.5, 0.6) is 0 Å². The van der Waals surface area contributed by atoms with Crippen LogP contribution in [-0.4, -0.2) is 66.7 Å². The fourth-order valence-electron chi connectivity index (χ4n) is 0. The third-order valence-corrected chi connectivity index (χ3v) is 0. The molecular weight excluding hydrogens is 143 g/mol. The van der Waals surface area contributed by atoms with E-state index in [1.165, 1.54) is 0 Å². The molecule has 0 bridgehead atoms. The molecule has 0 atom stereocenters. The summed E-state index contributed by atoms with van der Waals surface area (Å²) < 4.78 is 0. The first-order valence-electron chi connectivity index (χ1n) is 0.612. The predicted molar refractivity (Wildman–Crippen MR) is 18.8 cm³/mol. The average molecular weight is 144 g/mol. The van der Waals surface area contributed by atoms with Gasteiger partial charge < -0.3 is 20.5 Å². The summed E-state index contributed by atoms with van der Waals surface area (Å²) in [6.07, 6.45) is -2.33. The van der Waals surface area contributed by atoms with Crippen LogP contribution in [0.1, 0.15) is 0 Å². The van der Waals surface area contributed by atoms with Crippen LogP contribution in [0.15, 0.2) is 0 Å². The van der Waals surface area contributed by atoms with Crippen molar-refractivity contribution >= 4 is 61.3 Å². The van der Waals surface area contributed by atoms with Crippen LogP contribution in [0.2, 0.25) is 0 Å². The number of hydrogen-bond acceptors (Lipinski definition) is 4. The van der Waals surface area contributed by atoms with Gasteiger partial charge in [0.1, 0.15) is 0 Å². The number of carbonyl (C=O) groups excluding carboxylic acids is 1. The Labute approximate surface area is 81.0 Å². The molecule has 0 aromatic heterocycles. The van der Waals surface area contributed by atoms with Crippen LogP contribution in [0, 0.1) is 0 Å². The van der Waals surface area contributed by atoms with Crippen LogP contribution < -0.4 is 10.2 Å². The van der Waals surface area contributed by atoms with Crippen LogP contribution in [0.3, 0.4) is 0 Å². The van der Waals surface area contributed by atoms with Crippen LogP contribution in [0.4, 0.5) is 4.79 Å². The summed E-state index contributed by atoms with van der Waals surface area (Å²) in [7, 11) is 0. The molecule has 0 unspecified atom stereocenters. The second kappa shape index (κ2) is 15.7. The minimum absolute atomic E-state index is 0. The maximum atomic E-state index is 8.33. The summed E-state index contributed by atoms with van der Waals surface area (Å²) in [5.74, 6) is 0. The molecule has 0 aromatic carbocycles. The van der Waals surface area contributed by atoms with Gasteiger partial charge in [-0.15, -0.1) is 0 Å². The second-order valence-electron chi connectivity index (χ2n) is 0.250. The van der Waals surface area contributed by atoms with E-state index in [2.05, 4.69) is 0 Å². The largest absolute Gasteiger partial charge is 3.00 e. The number of rotatable bonds is 0. The van der Waals surface area contributed by atoms with Crippen LogP contribution in [-0.2, 0) is 0 Å². The van der Waals surface area contributed by atoms with E-state index in [-0.39, 0.29) is 60.6 Å². The van der Waals surface area contributed by atoms with E-state index in [4.69, 9.17) is 15.0 Å². The zero-order valence-electron chi connectivity index (χ0n) is 3.46. The van der Waals surface area contributed by atoms with Crippen molar-refractivity contribution in [2.45, 2.75) is 0 Å². The molecule has 32 valence electrons. The molecule has 4 nitrogen and oxygen atoms in total. The van der Waals surface area contributed by atoms with Crippen LogP contribution in [0.25, 0.3) is 0 Å². The Balaban J connectivity index is -0.0000000150. The van der Waals surface area contributed by atoms with E-state index >= 15 is 0 Å². The standard InChI is InChI=1S/CH2O3.Al.Ca.H2O/c2-1(3)4;;;/h(H2,2,3,4);;;1H2/q;+3;+2;/p-3. The Morgan fingerprint density at radius 1 is 1.29 bits per heavy atom. The average Bonchev–Trinajstić information content (AvgIpc) is 0.811. The molecule has 1 N–H and O–H groups in total. The van der Waals surface area contributed by atoms with Gasteiger partial charge in [0.2, 0.25) is 0 Å². The molecule has 0 saturated heterocycles. The minimum Gasteiger partial charge on any atom is -0.870 e. The summed E-state index contributed by atoms with van der Waals surface area (Å²) >= 11 is 0. The molecular formula is CHAlCaO4+2. The van der Waals surface area contributed by atoms with E-state index in [1.54, 1.807) is 0 Å². The quantitative estimate of drug-likeness (QED) is 0.331. The first kappa shape index (κ1) is 24.5. The number of hydrogen-bond donors (Lipinski definition) is 0. The predicted octanol–water partition coefficient (Wildman–Crippen LogP) is -3.39. The topological polar surface area (TPSA) is 93.2 Å². The fraction of sp³-hybridized carbons (Fsp3) is 0. The maximum absolute atomic E-state index is 8.33. The number of carbonyl (C=O) groups is 1. The summed E-state index contributed by atoms with van der Waals surface area (Å²) in [4.78, 5) is 8.33. The van der Waals surface area contributed by atoms with Gasteiger partial charge in [0.15, 0.2) is 0 Å². The number of carboxylic acid groups (broad SMARTS) is 2. The molecule has 0 aliphatic heterocycles. The molecule has 0 aromatic rings. The van der Waals surface area contributed by atoms with Gasteiger partial charge in [0.05, 0.1) is 0 Å². The second-order valence-corrected chi connectivity index (χ2v) is 0.250. The van der Waals surface area contributed by atoms with Crippen molar-refractivity contribution in [1.82, 2.24) is 0 Å². The molecule has 7 heavy (non-hydrogen) atoms. The first-order valence-corrected chi connectivity index (χ1v) is 0.612. The van der Waals surface area contributed by atoms with Crippen molar-refractivity contribution < 1.29 is 20.5 Å². The molecule has 0 amide bonds. The van der Waals surface area contributed by atoms with Crippen molar-refractivity contribution in [1.29, 1.82) is 0 Å². The molecule has 0 rings (SSSR count). The third kappa shape index (κ3) is 170. The Bertz CT molecular complexity index is 34.7.